The summed E-state index contributed by atoms with van der Waals surface area (Å²) in [6.07, 6.45) is 8.29. The number of hydrogen-bond donors (Lipinski definition) is 0. The van der Waals surface area contributed by atoms with Crippen molar-refractivity contribution in [3.63, 3.8) is 0 Å². The van der Waals surface area contributed by atoms with E-state index in [0.717, 1.165) is 68.9 Å². The van der Waals surface area contributed by atoms with Crippen molar-refractivity contribution in [1.29, 1.82) is 0 Å². The second kappa shape index (κ2) is 14.0. The monoisotopic (exact) mass is 923 g/mol. The Balaban J connectivity index is 1.02. The molecule has 4 aromatic heterocycles. The zero-order valence-corrected chi connectivity index (χ0v) is 35.0. The Bertz CT molecular complexity index is 3080. The number of rotatable bonds is 6. The molecule has 284 valence electrons. The molecule has 6 heteroatoms. The second-order valence-electron chi connectivity index (χ2n) is 16.0. The molecule has 0 amide bonds. The fourth-order valence-corrected chi connectivity index (χ4v) is 9.95. The molecule has 0 atom stereocenters. The number of benzene rings is 5. The van der Waals surface area contributed by atoms with Gasteiger partial charge in [-0.3, -0.25) is 0 Å². The Morgan fingerprint density at radius 1 is 0.596 bits per heavy atom. The first-order valence-electron chi connectivity index (χ1n) is 19.9. The number of fused-ring (bicyclic) bond motifs is 3. The minimum atomic E-state index is -0.194. The molecule has 0 unspecified atom stereocenters. The Hall–Kier alpha value is -5.77. The number of nitrogens with zero attached hydrogens (tertiary/aromatic N) is 4. The molecule has 0 saturated carbocycles. The summed E-state index contributed by atoms with van der Waals surface area (Å²) in [5.41, 5.74) is 15.3. The summed E-state index contributed by atoms with van der Waals surface area (Å²) in [5.74, 6) is 2.45. The quantitative estimate of drug-likeness (QED) is 0.167. The van der Waals surface area contributed by atoms with Crippen molar-refractivity contribution in [3.8, 4) is 23.0 Å². The van der Waals surface area contributed by atoms with Crippen molar-refractivity contribution in [2.75, 3.05) is 0 Å². The summed E-state index contributed by atoms with van der Waals surface area (Å²) in [6, 6.07) is 47.9. The van der Waals surface area contributed by atoms with Gasteiger partial charge in [-0.2, -0.15) is 0 Å². The average molecular weight is 924 g/mol. The van der Waals surface area contributed by atoms with Gasteiger partial charge in [-0.1, -0.05) is 56.3 Å². The molecule has 4 aliphatic rings. The zero-order chi connectivity index (χ0) is 38.8. The van der Waals surface area contributed by atoms with Gasteiger partial charge >= 0.3 is 261 Å². The van der Waals surface area contributed by atoms with E-state index in [1.807, 2.05) is 12.3 Å². The van der Waals surface area contributed by atoms with E-state index < -0.39 is 0 Å². The van der Waals surface area contributed by atoms with E-state index >= 15 is 0 Å². The summed E-state index contributed by atoms with van der Waals surface area (Å²) in [4.78, 5) is 4.95. The number of pyridine rings is 2. The van der Waals surface area contributed by atoms with E-state index in [1.165, 1.54) is 55.5 Å². The van der Waals surface area contributed by atoms with Gasteiger partial charge in [0.2, 0.25) is 0 Å². The van der Waals surface area contributed by atoms with Crippen molar-refractivity contribution in [1.82, 2.24) is 18.5 Å². The van der Waals surface area contributed by atoms with E-state index in [1.54, 1.807) is 0 Å². The van der Waals surface area contributed by atoms with E-state index in [2.05, 4.69) is 194 Å². The van der Waals surface area contributed by atoms with Crippen LogP contribution in [0.5, 0.6) is 11.5 Å². The number of imidazole rings is 1. The molecule has 5 nitrogen and oxygen atoms in total. The molecular weight excluding hydrogens is 880 g/mol. The zero-order valence-electron chi connectivity index (χ0n) is 32.7. The maximum absolute atomic E-state index is 6.72. The number of ether oxygens (including phenoxy) is 1. The Morgan fingerprint density at radius 3 is 2.12 bits per heavy atom. The van der Waals surface area contributed by atoms with Crippen LogP contribution in [0.2, 0.25) is 0 Å². The third-order valence-corrected chi connectivity index (χ3v) is 13.5. The van der Waals surface area contributed by atoms with E-state index in [-0.39, 0.29) is 5.41 Å². The van der Waals surface area contributed by atoms with Crippen LogP contribution in [0.4, 0.5) is 0 Å². The van der Waals surface area contributed by atoms with Crippen LogP contribution in [0.3, 0.4) is 0 Å². The summed E-state index contributed by atoms with van der Waals surface area (Å²) in [7, 11) is 0. The van der Waals surface area contributed by atoms with Crippen LogP contribution < -0.4 is 4.74 Å². The van der Waals surface area contributed by atoms with E-state index in [9.17, 15) is 0 Å². The molecule has 0 fully saturated rings. The molecular formula is C51H44N4OPt. The first-order valence-corrected chi connectivity index (χ1v) is 21.0. The number of aryl methyl sites for hydroxylation is 4. The summed E-state index contributed by atoms with van der Waals surface area (Å²) in [5, 5.41) is 2.35. The van der Waals surface area contributed by atoms with Gasteiger partial charge in [0.15, 0.2) is 0 Å². The molecule has 57 heavy (non-hydrogen) atoms. The van der Waals surface area contributed by atoms with Gasteiger partial charge in [0.05, 0.1) is 0 Å². The van der Waals surface area contributed by atoms with Crippen LogP contribution in [-0.4, -0.2) is 18.5 Å². The molecule has 9 aromatic rings. The van der Waals surface area contributed by atoms with Gasteiger partial charge in [0.25, 0.3) is 0 Å². The fourth-order valence-electron chi connectivity index (χ4n) is 8.91. The number of hydrogen-bond acceptors (Lipinski definition) is 2. The van der Waals surface area contributed by atoms with Crippen LogP contribution in [-0.2, 0) is 50.5 Å². The molecule has 13 rings (SSSR count). The van der Waals surface area contributed by atoms with Crippen LogP contribution in [0, 0.1) is 17.7 Å². The van der Waals surface area contributed by atoms with Gasteiger partial charge in [0.1, 0.15) is 0 Å². The molecule has 0 spiro atoms. The Morgan fingerprint density at radius 2 is 1.30 bits per heavy atom. The van der Waals surface area contributed by atoms with Gasteiger partial charge in [0, 0.05) is 11.6 Å². The van der Waals surface area contributed by atoms with Crippen molar-refractivity contribution >= 4 is 27.3 Å². The molecule has 4 bridgehead atoms. The van der Waals surface area contributed by atoms with Crippen LogP contribution in [0.25, 0.3) is 38.8 Å². The normalized spacial score (nSPS) is 13.1. The van der Waals surface area contributed by atoms with Gasteiger partial charge in [-0.05, 0) is 17.2 Å². The van der Waals surface area contributed by atoms with Crippen molar-refractivity contribution < 1.29 is 24.1 Å². The topological polar surface area (TPSA) is 36.4 Å². The van der Waals surface area contributed by atoms with Gasteiger partial charge in [-0.25, -0.2) is 0 Å². The third kappa shape index (κ3) is 6.11. The molecule has 6 heterocycles. The van der Waals surface area contributed by atoms with Crippen LogP contribution >= 0.6 is 0 Å². The van der Waals surface area contributed by atoms with Crippen LogP contribution in [0.15, 0.2) is 146 Å². The molecule has 0 saturated heterocycles. The Kier molecular flexibility index (Phi) is 8.75. The summed E-state index contributed by atoms with van der Waals surface area (Å²) in [6.45, 7) is 9.14. The predicted molar refractivity (Wildman–Crippen MR) is 228 cm³/mol. The number of para-hydroxylation sites is 1. The molecule has 2 aliphatic carbocycles. The molecule has 0 N–H and O–H groups in total. The Labute approximate surface area is 344 Å². The standard InChI is InChI=1S/C51H44N4O.Pt/c1-34-35(2)37-18-17-36(34)19-20-38-22-24-41(23-21-37)54-33-53(32-49(38)54)42-13-10-14-43(30-42)56-44-25-26-46-45-15-8-9-16-47(45)55(48(46)31-44)50-29-40(27-28-52-50)51(3,4)39-11-6-5-7-12-39;/h5-18,22,24-32H,19-21,23H2,1-4H3;. The maximum atomic E-state index is 6.72. The summed E-state index contributed by atoms with van der Waals surface area (Å²) < 4.78 is 14.9. The second-order valence-corrected chi connectivity index (χ2v) is 17.0. The fraction of sp³-hybridized carbons (Fsp3) is 0.176. The van der Waals surface area contributed by atoms with Gasteiger partial charge in [-0.15, -0.1) is 0 Å². The third-order valence-electron chi connectivity index (χ3n) is 12.4. The molecule has 2 aliphatic heterocycles. The van der Waals surface area contributed by atoms with E-state index in [4.69, 9.17) is 9.72 Å². The van der Waals surface area contributed by atoms with E-state index in [0.29, 0.717) is 0 Å². The van der Waals surface area contributed by atoms with Crippen molar-refractivity contribution in [2.45, 2.75) is 58.8 Å². The minimum absolute atomic E-state index is 0.194. The number of aromatic nitrogens is 4. The first-order chi connectivity index (χ1) is 27.7. The SMILES string of the molecule is Cc1c2ccc(c1C)CCc1ccc(c3cn(-c4cccc(Oc5ccc6c7ccccc7n(-c7cc(C(C)(C)c8ccccc8)ccn7)c6c5)c4)[c](=[Pt])n13)CC2. The van der Waals surface area contributed by atoms with Crippen molar-refractivity contribution in [2.24, 2.45) is 0 Å². The van der Waals surface area contributed by atoms with Crippen LogP contribution in [0.1, 0.15) is 58.5 Å². The predicted octanol–water partition coefficient (Wildman–Crippen LogP) is 11.9. The first kappa shape index (κ1) is 35.6. The van der Waals surface area contributed by atoms with Gasteiger partial charge < -0.3 is 0 Å². The average Bonchev–Trinajstić information content (AvgIpc) is 3.76. The summed E-state index contributed by atoms with van der Waals surface area (Å²) >= 11 is 2.50. The molecule has 0 radical (unpaired) electrons. The van der Waals surface area contributed by atoms with Crippen molar-refractivity contribution in [3.05, 3.63) is 194 Å². The molecule has 5 aromatic carbocycles.